The van der Waals surface area contributed by atoms with E-state index in [2.05, 4.69) is 5.32 Å². The van der Waals surface area contributed by atoms with Gasteiger partial charge in [0.2, 0.25) is 6.41 Å². The summed E-state index contributed by atoms with van der Waals surface area (Å²) in [6, 6.07) is -0.756. The van der Waals surface area contributed by atoms with Crippen molar-refractivity contribution >= 4 is 11.9 Å². The van der Waals surface area contributed by atoms with Gasteiger partial charge < -0.3 is 10.2 Å². The Hall–Kier alpha value is -1.14. The second-order valence-corrected chi connectivity index (χ2v) is 3.21. The van der Waals surface area contributed by atoms with Crippen LogP contribution in [0.15, 0.2) is 0 Å². The molecular weight excluding hydrogens is 188 g/mol. The van der Waals surface area contributed by atoms with Crippen LogP contribution < -0.4 is 5.32 Å². The Morgan fingerprint density at radius 1 is 1.36 bits per heavy atom. The molecule has 1 heterocycles. The Balaban J connectivity index is 3.10. The number of hydrogen-bond donors (Lipinski definition) is 3. The van der Waals surface area contributed by atoms with Gasteiger partial charge in [0.15, 0.2) is 0 Å². The highest BCUT2D eigenvalue weighted by Crippen LogP contribution is 2.29. The maximum Gasteiger partial charge on any atom is 0.328 e. The standard InChI is InChI=1S/C8H14N2O4/c1-3-8(4-2)5(11)9-6(12)10(8)7(13)14/h7,13-14H,3-4H2,1-2H3,(H,9,11,12). The molecule has 3 amide bonds. The van der Waals surface area contributed by atoms with E-state index in [0.29, 0.717) is 12.8 Å². The molecule has 6 heteroatoms. The maximum absolute atomic E-state index is 11.5. The van der Waals surface area contributed by atoms with Gasteiger partial charge in [-0.25, -0.2) is 4.79 Å². The lowest BCUT2D eigenvalue weighted by molar-refractivity contribution is -0.167. The van der Waals surface area contributed by atoms with Crippen molar-refractivity contribution in [1.29, 1.82) is 0 Å². The van der Waals surface area contributed by atoms with E-state index in [-0.39, 0.29) is 0 Å². The fourth-order valence-electron chi connectivity index (χ4n) is 1.82. The van der Waals surface area contributed by atoms with Crippen LogP contribution in [0.4, 0.5) is 4.79 Å². The second-order valence-electron chi connectivity index (χ2n) is 3.21. The van der Waals surface area contributed by atoms with Crippen molar-refractivity contribution in [3.05, 3.63) is 0 Å². The summed E-state index contributed by atoms with van der Waals surface area (Å²) >= 11 is 0. The van der Waals surface area contributed by atoms with Crippen LogP contribution in [-0.2, 0) is 4.79 Å². The molecule has 1 aliphatic heterocycles. The molecule has 3 N–H and O–H groups in total. The summed E-state index contributed by atoms with van der Waals surface area (Å²) in [7, 11) is 0. The molecule has 6 nitrogen and oxygen atoms in total. The Morgan fingerprint density at radius 2 is 1.86 bits per heavy atom. The summed E-state index contributed by atoms with van der Waals surface area (Å²) in [5.41, 5.74) is -1.12. The molecule has 0 aliphatic carbocycles. The lowest BCUT2D eigenvalue weighted by Crippen LogP contribution is -2.53. The molecule has 14 heavy (non-hydrogen) atoms. The predicted octanol–water partition coefficient (Wildman–Crippen LogP) is -0.635. The molecular formula is C8H14N2O4. The number of rotatable bonds is 3. The molecule has 1 saturated heterocycles. The van der Waals surface area contributed by atoms with Crippen molar-refractivity contribution in [3.8, 4) is 0 Å². The van der Waals surface area contributed by atoms with Crippen LogP contribution in [0, 0.1) is 0 Å². The number of imide groups is 1. The summed E-state index contributed by atoms with van der Waals surface area (Å²) < 4.78 is 0. The first-order valence-electron chi connectivity index (χ1n) is 4.50. The summed E-state index contributed by atoms with van der Waals surface area (Å²) in [4.78, 5) is 23.5. The van der Waals surface area contributed by atoms with E-state index in [9.17, 15) is 9.59 Å². The van der Waals surface area contributed by atoms with E-state index in [4.69, 9.17) is 10.2 Å². The molecule has 1 rings (SSSR count). The van der Waals surface area contributed by atoms with Crippen molar-refractivity contribution in [3.63, 3.8) is 0 Å². The number of carbonyl (C=O) groups excluding carboxylic acids is 2. The van der Waals surface area contributed by atoms with Crippen molar-refractivity contribution in [2.24, 2.45) is 0 Å². The Kier molecular flexibility index (Phi) is 2.77. The van der Waals surface area contributed by atoms with Gasteiger partial charge in [0, 0.05) is 0 Å². The molecule has 0 saturated carbocycles. The average Bonchev–Trinajstić information content (AvgIpc) is 2.37. The first-order chi connectivity index (χ1) is 6.49. The van der Waals surface area contributed by atoms with Crippen molar-refractivity contribution in [1.82, 2.24) is 10.2 Å². The average molecular weight is 202 g/mol. The Bertz CT molecular complexity index is 260. The zero-order valence-electron chi connectivity index (χ0n) is 8.15. The predicted molar refractivity (Wildman–Crippen MR) is 46.9 cm³/mol. The third kappa shape index (κ3) is 1.27. The van der Waals surface area contributed by atoms with E-state index in [1.807, 2.05) is 0 Å². The SMILES string of the molecule is CCC1(CC)C(=O)NC(=O)N1C(O)O. The molecule has 0 atom stereocenters. The van der Waals surface area contributed by atoms with Gasteiger partial charge in [0.1, 0.15) is 5.54 Å². The monoisotopic (exact) mass is 202 g/mol. The largest absolute Gasteiger partial charge is 0.351 e. The van der Waals surface area contributed by atoms with Gasteiger partial charge in [0.05, 0.1) is 0 Å². The topological polar surface area (TPSA) is 89.9 Å². The third-order valence-corrected chi connectivity index (χ3v) is 2.72. The Labute approximate surface area is 81.5 Å². The molecule has 0 radical (unpaired) electrons. The number of aliphatic hydroxyl groups is 2. The quantitative estimate of drug-likeness (QED) is 0.419. The number of hydrogen-bond acceptors (Lipinski definition) is 4. The van der Waals surface area contributed by atoms with Gasteiger partial charge in [0.25, 0.3) is 5.91 Å². The number of nitrogens with one attached hydrogen (secondary N) is 1. The van der Waals surface area contributed by atoms with Gasteiger partial charge in [-0.2, -0.15) is 0 Å². The van der Waals surface area contributed by atoms with Crippen molar-refractivity contribution < 1.29 is 19.8 Å². The summed E-state index contributed by atoms with van der Waals surface area (Å²) in [6.45, 7) is 3.44. The van der Waals surface area contributed by atoms with Gasteiger partial charge in [-0.3, -0.25) is 15.0 Å². The fraction of sp³-hybridized carbons (Fsp3) is 0.750. The maximum atomic E-state index is 11.5. The first-order valence-corrected chi connectivity index (χ1v) is 4.50. The summed E-state index contributed by atoms with van der Waals surface area (Å²) in [6.07, 6.45) is -1.25. The number of nitrogens with zero attached hydrogens (tertiary/aromatic N) is 1. The molecule has 1 fully saturated rings. The van der Waals surface area contributed by atoms with Crippen LogP contribution in [0.5, 0.6) is 0 Å². The normalized spacial score (nSPS) is 20.5. The number of carbonyl (C=O) groups is 2. The second kappa shape index (κ2) is 3.55. The number of urea groups is 1. The van der Waals surface area contributed by atoms with E-state index < -0.39 is 23.9 Å². The molecule has 0 aromatic heterocycles. The minimum absolute atomic E-state index is 0.346. The van der Waals surface area contributed by atoms with Crippen LogP contribution in [0.25, 0.3) is 0 Å². The third-order valence-electron chi connectivity index (χ3n) is 2.72. The highest BCUT2D eigenvalue weighted by Gasteiger charge is 2.52. The van der Waals surface area contributed by atoms with E-state index >= 15 is 0 Å². The van der Waals surface area contributed by atoms with Crippen LogP contribution in [0.2, 0.25) is 0 Å². The number of amides is 3. The van der Waals surface area contributed by atoms with Crippen molar-refractivity contribution in [2.75, 3.05) is 0 Å². The smallest absolute Gasteiger partial charge is 0.328 e. The van der Waals surface area contributed by atoms with E-state index in [0.717, 1.165) is 4.90 Å². The number of aliphatic hydroxyl groups excluding tert-OH is 1. The minimum atomic E-state index is -1.94. The lowest BCUT2D eigenvalue weighted by Gasteiger charge is -2.34. The van der Waals surface area contributed by atoms with Gasteiger partial charge in [-0.05, 0) is 12.8 Å². The van der Waals surface area contributed by atoms with Gasteiger partial charge >= 0.3 is 6.03 Å². The summed E-state index contributed by atoms with van der Waals surface area (Å²) in [5, 5.41) is 20.1. The molecule has 0 aromatic rings. The van der Waals surface area contributed by atoms with Crippen LogP contribution >= 0.6 is 0 Å². The molecule has 0 spiro atoms. The van der Waals surface area contributed by atoms with E-state index in [1.165, 1.54) is 0 Å². The fourth-order valence-corrected chi connectivity index (χ4v) is 1.82. The molecule has 1 aliphatic rings. The van der Waals surface area contributed by atoms with Crippen molar-refractivity contribution in [2.45, 2.75) is 38.6 Å². The molecule has 0 unspecified atom stereocenters. The molecule has 80 valence electrons. The van der Waals surface area contributed by atoms with E-state index in [1.54, 1.807) is 13.8 Å². The first kappa shape index (κ1) is 10.9. The molecule has 0 bridgehead atoms. The Morgan fingerprint density at radius 3 is 2.14 bits per heavy atom. The zero-order chi connectivity index (χ0) is 10.9. The highest BCUT2D eigenvalue weighted by atomic mass is 16.5. The van der Waals surface area contributed by atoms with Crippen LogP contribution in [-0.4, -0.2) is 39.0 Å². The van der Waals surface area contributed by atoms with Gasteiger partial charge in [-0.15, -0.1) is 0 Å². The lowest BCUT2D eigenvalue weighted by atomic mass is 9.92. The van der Waals surface area contributed by atoms with Crippen LogP contribution in [0.1, 0.15) is 26.7 Å². The van der Waals surface area contributed by atoms with Crippen LogP contribution in [0.3, 0.4) is 0 Å². The summed E-state index contributed by atoms with van der Waals surface area (Å²) in [5.74, 6) is -0.472. The zero-order valence-corrected chi connectivity index (χ0v) is 8.15. The molecule has 0 aromatic carbocycles. The van der Waals surface area contributed by atoms with Gasteiger partial charge in [-0.1, -0.05) is 13.8 Å². The highest BCUT2D eigenvalue weighted by molar-refractivity contribution is 6.06. The minimum Gasteiger partial charge on any atom is -0.351 e.